The summed E-state index contributed by atoms with van der Waals surface area (Å²) in [6, 6.07) is 16.7. The van der Waals surface area contributed by atoms with E-state index in [1.54, 1.807) is 36.5 Å². The fourth-order valence-electron chi connectivity index (χ4n) is 4.18. The Hall–Kier alpha value is -4.19. The van der Waals surface area contributed by atoms with Gasteiger partial charge in [-0.25, -0.2) is 17.2 Å². The van der Waals surface area contributed by atoms with Gasteiger partial charge < -0.3 is 10.4 Å². The second kappa shape index (κ2) is 10.9. The van der Waals surface area contributed by atoms with Gasteiger partial charge in [0.2, 0.25) is 5.78 Å². The van der Waals surface area contributed by atoms with Gasteiger partial charge in [0.25, 0.3) is 10.0 Å². The number of aliphatic carboxylic acids is 1. The maximum Gasteiger partial charge on any atom is 0.490 e. The van der Waals surface area contributed by atoms with Crippen molar-refractivity contribution in [1.82, 2.24) is 9.29 Å². The molecule has 2 aromatic carbocycles. The molecule has 0 amide bonds. The minimum Gasteiger partial charge on any atom is -0.475 e. The Morgan fingerprint density at radius 3 is 2.36 bits per heavy atom. The standard InChI is InChI=1S/C25H23N3O3S.C2HF3O2/c1-17-7-9-20(10-8-17)32(30,31)28-16-19-12-14-26-21-15-22(25(29)24(28)23(19)21)27-13-11-18-5-3-2-4-6-18;3-2(4,5)1(6)7/h2-10,15-16,27H,11-14H2,1H3;(H,6,7). The highest BCUT2D eigenvalue weighted by molar-refractivity contribution is 7.90. The summed E-state index contributed by atoms with van der Waals surface area (Å²) in [6.07, 6.45) is -0.382. The van der Waals surface area contributed by atoms with E-state index in [1.807, 2.05) is 37.3 Å². The van der Waals surface area contributed by atoms with Crippen LogP contribution in [0.5, 0.6) is 0 Å². The first kappa shape index (κ1) is 27.8. The van der Waals surface area contributed by atoms with Crippen molar-refractivity contribution in [3.8, 4) is 0 Å². The molecule has 0 saturated heterocycles. The number of carboxylic acid groups (broad SMARTS) is 1. The minimum absolute atomic E-state index is 0.158. The van der Waals surface area contributed by atoms with Gasteiger partial charge in [-0.1, -0.05) is 48.0 Å². The molecule has 0 atom stereocenters. The van der Waals surface area contributed by atoms with E-state index in [-0.39, 0.29) is 16.4 Å². The van der Waals surface area contributed by atoms with Crippen molar-refractivity contribution in [2.24, 2.45) is 4.99 Å². The molecule has 0 spiro atoms. The number of carbonyl (C=O) groups is 2. The van der Waals surface area contributed by atoms with Gasteiger partial charge >= 0.3 is 12.1 Å². The van der Waals surface area contributed by atoms with E-state index < -0.39 is 22.2 Å². The summed E-state index contributed by atoms with van der Waals surface area (Å²) in [5, 5.41) is 10.3. The number of aromatic nitrogens is 1. The Labute approximate surface area is 222 Å². The lowest BCUT2D eigenvalue weighted by molar-refractivity contribution is -0.192. The number of benzene rings is 2. The molecule has 0 unspecified atom stereocenters. The number of carbonyl (C=O) groups excluding carboxylic acids is 1. The Bertz CT molecular complexity index is 1570. The summed E-state index contributed by atoms with van der Waals surface area (Å²) in [7, 11) is -3.92. The number of hydrogen-bond acceptors (Lipinski definition) is 6. The van der Waals surface area contributed by atoms with Gasteiger partial charge in [0.15, 0.2) is 0 Å². The second-order valence-electron chi connectivity index (χ2n) is 8.86. The number of hydrogen-bond donors (Lipinski definition) is 2. The molecule has 12 heteroatoms. The van der Waals surface area contributed by atoms with E-state index in [0.717, 1.165) is 27.1 Å². The van der Waals surface area contributed by atoms with E-state index >= 15 is 0 Å². The molecule has 0 fully saturated rings. The van der Waals surface area contributed by atoms with Crippen molar-refractivity contribution in [2.45, 2.75) is 30.8 Å². The third-order valence-corrected chi connectivity index (χ3v) is 7.78. The predicted octanol–water partition coefficient (Wildman–Crippen LogP) is 3.92. The maximum atomic E-state index is 13.5. The van der Waals surface area contributed by atoms with Crippen LogP contribution in [0.1, 0.15) is 32.7 Å². The van der Waals surface area contributed by atoms with Crippen molar-refractivity contribution in [2.75, 3.05) is 13.1 Å². The lowest BCUT2D eigenvalue weighted by Crippen LogP contribution is -2.32. The Morgan fingerprint density at radius 2 is 1.74 bits per heavy atom. The monoisotopic (exact) mass is 559 g/mol. The molecule has 3 aromatic rings. The quantitative estimate of drug-likeness (QED) is 0.473. The number of alkyl halides is 3. The molecule has 2 aliphatic rings. The van der Waals surface area contributed by atoms with Gasteiger partial charge in [-0.3, -0.25) is 9.79 Å². The van der Waals surface area contributed by atoms with Crippen molar-refractivity contribution >= 4 is 27.5 Å². The number of aryl methyl sites for hydroxylation is 1. The minimum atomic E-state index is -5.08. The van der Waals surface area contributed by atoms with E-state index in [0.29, 0.717) is 36.5 Å². The van der Waals surface area contributed by atoms with E-state index in [1.165, 1.54) is 0 Å². The molecule has 204 valence electrons. The molecule has 5 rings (SSSR count). The zero-order valence-corrected chi connectivity index (χ0v) is 21.5. The van der Waals surface area contributed by atoms with Crippen LogP contribution in [0.2, 0.25) is 0 Å². The molecule has 0 bridgehead atoms. The van der Waals surface area contributed by atoms with Crippen LogP contribution < -0.4 is 5.32 Å². The molecule has 39 heavy (non-hydrogen) atoms. The van der Waals surface area contributed by atoms with Gasteiger partial charge in [0, 0.05) is 24.8 Å². The lowest BCUT2D eigenvalue weighted by atomic mass is 9.92. The number of allylic oxidation sites excluding steroid dienone is 2. The highest BCUT2D eigenvalue weighted by Crippen LogP contribution is 2.32. The van der Waals surface area contributed by atoms with Crippen molar-refractivity contribution in [3.63, 3.8) is 0 Å². The summed E-state index contributed by atoms with van der Waals surface area (Å²) in [5.74, 6) is -3.08. The highest BCUT2D eigenvalue weighted by atomic mass is 32.2. The fourth-order valence-corrected chi connectivity index (χ4v) is 5.56. The van der Waals surface area contributed by atoms with Gasteiger partial charge in [0.05, 0.1) is 16.3 Å². The summed E-state index contributed by atoms with van der Waals surface area (Å²) in [6.45, 7) is 3.03. The number of ketones is 1. The van der Waals surface area contributed by atoms with Crippen LogP contribution in [-0.4, -0.2) is 54.2 Å². The number of nitrogens with zero attached hydrogens (tertiary/aromatic N) is 2. The number of nitrogens with one attached hydrogen (secondary N) is 1. The molecule has 1 aliphatic carbocycles. The molecular weight excluding hydrogens is 535 g/mol. The zero-order valence-electron chi connectivity index (χ0n) is 20.7. The van der Waals surface area contributed by atoms with Crippen LogP contribution in [0.25, 0.3) is 0 Å². The number of Topliss-reactive ketones (excluding diaryl/α,β-unsaturated/α-hetero) is 1. The smallest absolute Gasteiger partial charge is 0.475 e. The molecular formula is C27H24F3N3O5S. The summed E-state index contributed by atoms with van der Waals surface area (Å²) < 4.78 is 59.8. The van der Waals surface area contributed by atoms with Gasteiger partial charge in [-0.05, 0) is 49.1 Å². The first-order chi connectivity index (χ1) is 18.4. The van der Waals surface area contributed by atoms with Crippen molar-refractivity contribution < 1.29 is 36.3 Å². The highest BCUT2D eigenvalue weighted by Gasteiger charge is 2.38. The molecule has 1 aliphatic heterocycles. The van der Waals surface area contributed by atoms with Crippen LogP contribution in [0.3, 0.4) is 0 Å². The molecule has 2 heterocycles. The summed E-state index contributed by atoms with van der Waals surface area (Å²) >= 11 is 0. The molecule has 8 nitrogen and oxygen atoms in total. The van der Waals surface area contributed by atoms with Crippen LogP contribution in [0.4, 0.5) is 13.2 Å². The predicted molar refractivity (Wildman–Crippen MR) is 138 cm³/mol. The molecule has 2 N–H and O–H groups in total. The largest absolute Gasteiger partial charge is 0.490 e. The zero-order chi connectivity index (χ0) is 28.4. The number of rotatable bonds is 6. The average Bonchev–Trinajstić information content (AvgIpc) is 3.30. The third kappa shape index (κ3) is 5.95. The summed E-state index contributed by atoms with van der Waals surface area (Å²) in [5.41, 5.74) is 4.82. The molecule has 1 aromatic heterocycles. The first-order valence-electron chi connectivity index (χ1n) is 11.8. The van der Waals surface area contributed by atoms with E-state index in [4.69, 9.17) is 9.90 Å². The van der Waals surface area contributed by atoms with Crippen LogP contribution in [-0.2, 0) is 27.7 Å². The second-order valence-corrected chi connectivity index (χ2v) is 10.7. The molecule has 0 saturated carbocycles. The van der Waals surface area contributed by atoms with Crippen molar-refractivity contribution in [1.29, 1.82) is 0 Å². The topological polar surface area (TPSA) is 118 Å². The fraction of sp³-hybridized carbons (Fsp3) is 0.222. The third-order valence-electron chi connectivity index (χ3n) is 6.10. The SMILES string of the molecule is Cc1ccc(S(=O)(=O)n2cc3c4c2C(=O)C(NCCc2ccccc2)=CC4=NCC3)cc1.O=C(O)C(F)(F)F. The van der Waals surface area contributed by atoms with Crippen LogP contribution >= 0.6 is 0 Å². The first-order valence-corrected chi connectivity index (χ1v) is 13.3. The van der Waals surface area contributed by atoms with Crippen LogP contribution in [0, 0.1) is 6.92 Å². The summed E-state index contributed by atoms with van der Waals surface area (Å²) in [4.78, 5) is 27.1. The number of aliphatic imine (C=N–C) groups is 1. The number of carboxylic acids is 1. The van der Waals surface area contributed by atoms with Gasteiger partial charge in [-0.15, -0.1) is 0 Å². The average molecular weight is 560 g/mol. The van der Waals surface area contributed by atoms with Gasteiger partial charge in [0.1, 0.15) is 5.69 Å². The van der Waals surface area contributed by atoms with E-state index in [9.17, 15) is 26.4 Å². The Balaban J connectivity index is 0.000000448. The molecule has 0 radical (unpaired) electrons. The van der Waals surface area contributed by atoms with Crippen molar-refractivity contribution in [3.05, 3.63) is 101 Å². The Kier molecular flexibility index (Phi) is 7.77. The number of halogens is 3. The lowest BCUT2D eigenvalue weighted by Gasteiger charge is -2.21. The maximum absolute atomic E-state index is 13.5. The normalized spacial score (nSPS) is 14.4. The Morgan fingerprint density at radius 1 is 1.10 bits per heavy atom. The van der Waals surface area contributed by atoms with Crippen LogP contribution in [0.15, 0.2) is 82.5 Å². The van der Waals surface area contributed by atoms with E-state index in [2.05, 4.69) is 10.3 Å². The van der Waals surface area contributed by atoms with Gasteiger partial charge in [-0.2, -0.15) is 13.2 Å².